The number of sulfonamides is 1. The first-order valence-electron chi connectivity index (χ1n) is 10.6. The van der Waals surface area contributed by atoms with E-state index in [0.29, 0.717) is 25.3 Å². The molecule has 32 heavy (non-hydrogen) atoms. The van der Waals surface area contributed by atoms with Crippen LogP contribution in [0.1, 0.15) is 18.9 Å². The summed E-state index contributed by atoms with van der Waals surface area (Å²) in [4.78, 5) is 13.7. The van der Waals surface area contributed by atoms with Crippen LogP contribution in [0.3, 0.4) is 0 Å². The van der Waals surface area contributed by atoms with Crippen LogP contribution in [-0.2, 0) is 21.4 Å². The lowest BCUT2D eigenvalue weighted by atomic mass is 10.1. The largest absolute Gasteiger partial charge is 0.325 e. The summed E-state index contributed by atoms with van der Waals surface area (Å²) < 4.78 is 27.9. The molecule has 6 nitrogen and oxygen atoms in total. The molecular formula is C24H26ClN3O3S. The first kappa shape index (κ1) is 22.7. The van der Waals surface area contributed by atoms with E-state index in [1.54, 1.807) is 0 Å². The van der Waals surface area contributed by atoms with Gasteiger partial charge in [-0.1, -0.05) is 48.0 Å². The number of nitrogens with zero attached hydrogens (tertiary/aromatic N) is 2. The van der Waals surface area contributed by atoms with Gasteiger partial charge in [0.25, 0.3) is 0 Å². The van der Waals surface area contributed by atoms with Crippen molar-refractivity contribution in [3.8, 4) is 0 Å². The number of amides is 1. The molecule has 0 saturated carbocycles. The van der Waals surface area contributed by atoms with Crippen molar-refractivity contribution in [2.24, 2.45) is 0 Å². The highest BCUT2D eigenvalue weighted by Crippen LogP contribution is 2.27. The van der Waals surface area contributed by atoms with Crippen LogP contribution in [0.25, 0.3) is 10.8 Å². The van der Waals surface area contributed by atoms with E-state index in [1.807, 2.05) is 12.1 Å². The molecule has 0 radical (unpaired) electrons. The van der Waals surface area contributed by atoms with Gasteiger partial charge >= 0.3 is 0 Å². The minimum absolute atomic E-state index is 0.139. The third-order valence-electron chi connectivity index (χ3n) is 5.66. The quantitative estimate of drug-likeness (QED) is 0.600. The van der Waals surface area contributed by atoms with E-state index in [-0.39, 0.29) is 15.8 Å². The molecule has 1 saturated heterocycles. The molecule has 0 bridgehead atoms. The van der Waals surface area contributed by atoms with Gasteiger partial charge in [-0.05, 0) is 53.6 Å². The van der Waals surface area contributed by atoms with Gasteiger partial charge in [0, 0.05) is 33.1 Å². The summed E-state index contributed by atoms with van der Waals surface area (Å²) in [5.41, 5.74) is 1.62. The van der Waals surface area contributed by atoms with Crippen molar-refractivity contribution < 1.29 is 13.2 Å². The van der Waals surface area contributed by atoms with E-state index in [2.05, 4.69) is 40.5 Å². The van der Waals surface area contributed by atoms with Gasteiger partial charge in [0.15, 0.2) is 0 Å². The molecule has 4 rings (SSSR count). The highest BCUT2D eigenvalue weighted by atomic mass is 35.5. The first-order chi connectivity index (χ1) is 15.3. The average Bonchev–Trinajstić information content (AvgIpc) is 3.01. The lowest BCUT2D eigenvalue weighted by molar-refractivity contribution is -0.114. The standard InChI is InChI=1S/C24H26ClN3O3S/c1-18(29)26-24-10-9-22(16-23(24)25)32(30,31)28-12-4-11-27(13-14-28)17-19-7-8-20-5-2-3-6-21(20)15-19/h2-3,5-10,15-16H,4,11-14,17H2,1H3,(H,26,29). The third-order valence-corrected chi connectivity index (χ3v) is 7.86. The number of carbonyl (C=O) groups excluding carboxylic acids is 1. The van der Waals surface area contributed by atoms with E-state index in [0.717, 1.165) is 19.5 Å². The molecular weight excluding hydrogens is 446 g/mol. The van der Waals surface area contributed by atoms with Crippen LogP contribution in [0.2, 0.25) is 5.02 Å². The molecule has 1 fully saturated rings. The summed E-state index contributed by atoms with van der Waals surface area (Å²) >= 11 is 6.20. The Balaban J connectivity index is 1.44. The van der Waals surface area contributed by atoms with Gasteiger partial charge in [-0.3, -0.25) is 9.69 Å². The molecule has 3 aromatic rings. The van der Waals surface area contributed by atoms with Crippen LogP contribution in [0.15, 0.2) is 65.6 Å². The zero-order chi connectivity index (χ0) is 22.7. The Bertz CT molecular complexity index is 1250. The molecule has 1 aliphatic rings. The molecule has 1 heterocycles. The fourth-order valence-electron chi connectivity index (χ4n) is 4.04. The van der Waals surface area contributed by atoms with Crippen molar-refractivity contribution in [2.45, 2.75) is 24.8 Å². The van der Waals surface area contributed by atoms with Crippen molar-refractivity contribution in [3.63, 3.8) is 0 Å². The number of benzene rings is 3. The molecule has 1 N–H and O–H groups in total. The van der Waals surface area contributed by atoms with Crippen molar-refractivity contribution in [2.75, 3.05) is 31.5 Å². The Morgan fingerprint density at radius 1 is 0.969 bits per heavy atom. The Morgan fingerprint density at radius 3 is 2.50 bits per heavy atom. The lowest BCUT2D eigenvalue weighted by Gasteiger charge is -2.22. The molecule has 0 atom stereocenters. The number of halogens is 1. The van der Waals surface area contributed by atoms with E-state index >= 15 is 0 Å². The topological polar surface area (TPSA) is 69.7 Å². The Hall–Kier alpha value is -2.45. The highest BCUT2D eigenvalue weighted by molar-refractivity contribution is 7.89. The van der Waals surface area contributed by atoms with Gasteiger partial charge in [-0.2, -0.15) is 4.31 Å². The van der Waals surface area contributed by atoms with Gasteiger partial charge in [-0.25, -0.2) is 8.42 Å². The maximum absolute atomic E-state index is 13.2. The fourth-order valence-corrected chi connectivity index (χ4v) is 5.83. The number of hydrogen-bond donors (Lipinski definition) is 1. The number of hydrogen-bond acceptors (Lipinski definition) is 4. The Labute approximate surface area is 193 Å². The summed E-state index contributed by atoms with van der Waals surface area (Å²) in [6.07, 6.45) is 0.754. The Kier molecular flexibility index (Phi) is 6.81. The molecule has 0 spiro atoms. The number of carbonyl (C=O) groups is 1. The summed E-state index contributed by atoms with van der Waals surface area (Å²) in [6.45, 7) is 4.53. The molecule has 168 valence electrons. The fraction of sp³-hybridized carbons (Fsp3) is 0.292. The Morgan fingerprint density at radius 2 is 1.75 bits per heavy atom. The van der Waals surface area contributed by atoms with Crippen LogP contribution in [0.5, 0.6) is 0 Å². The van der Waals surface area contributed by atoms with Crippen LogP contribution in [0, 0.1) is 0 Å². The number of nitrogens with one attached hydrogen (secondary N) is 1. The molecule has 0 aromatic heterocycles. The smallest absolute Gasteiger partial charge is 0.243 e. The van der Waals surface area contributed by atoms with E-state index in [9.17, 15) is 13.2 Å². The summed E-state index contributed by atoms with van der Waals surface area (Å²) in [7, 11) is -3.67. The van der Waals surface area contributed by atoms with Crippen molar-refractivity contribution in [1.82, 2.24) is 9.21 Å². The highest BCUT2D eigenvalue weighted by Gasteiger charge is 2.27. The minimum atomic E-state index is -3.67. The molecule has 1 aliphatic heterocycles. The zero-order valence-electron chi connectivity index (χ0n) is 17.9. The molecule has 1 amide bonds. The van der Waals surface area contributed by atoms with E-state index in [4.69, 9.17) is 11.6 Å². The predicted octanol–water partition coefficient (Wildman–Crippen LogP) is 4.35. The summed E-state index contributed by atoms with van der Waals surface area (Å²) in [6, 6.07) is 19.2. The second-order valence-corrected chi connectivity index (χ2v) is 10.4. The third kappa shape index (κ3) is 5.13. The zero-order valence-corrected chi connectivity index (χ0v) is 19.5. The summed E-state index contributed by atoms with van der Waals surface area (Å²) in [5.74, 6) is -0.262. The lowest BCUT2D eigenvalue weighted by Crippen LogP contribution is -2.35. The monoisotopic (exact) mass is 471 g/mol. The minimum Gasteiger partial charge on any atom is -0.325 e. The number of fused-ring (bicyclic) bond motifs is 1. The molecule has 0 unspecified atom stereocenters. The average molecular weight is 472 g/mol. The second-order valence-electron chi connectivity index (χ2n) is 8.04. The normalized spacial score (nSPS) is 16.1. The second kappa shape index (κ2) is 9.58. The van der Waals surface area contributed by atoms with Crippen LogP contribution < -0.4 is 5.32 Å². The summed E-state index contributed by atoms with van der Waals surface area (Å²) in [5, 5.41) is 5.23. The van der Waals surface area contributed by atoms with Crippen LogP contribution in [0.4, 0.5) is 5.69 Å². The van der Waals surface area contributed by atoms with Gasteiger partial charge in [0.1, 0.15) is 0 Å². The first-order valence-corrected chi connectivity index (χ1v) is 12.4. The molecule has 8 heteroatoms. The van der Waals surface area contributed by atoms with Crippen molar-refractivity contribution in [3.05, 3.63) is 71.2 Å². The van der Waals surface area contributed by atoms with Gasteiger partial charge in [0.2, 0.25) is 15.9 Å². The number of rotatable bonds is 5. The SMILES string of the molecule is CC(=O)Nc1ccc(S(=O)(=O)N2CCCN(Cc3ccc4ccccc4c3)CC2)cc1Cl. The number of anilines is 1. The van der Waals surface area contributed by atoms with Gasteiger partial charge < -0.3 is 5.32 Å². The van der Waals surface area contributed by atoms with E-state index < -0.39 is 10.0 Å². The van der Waals surface area contributed by atoms with Crippen molar-refractivity contribution in [1.29, 1.82) is 0 Å². The van der Waals surface area contributed by atoms with Crippen LogP contribution >= 0.6 is 11.6 Å². The maximum Gasteiger partial charge on any atom is 0.243 e. The van der Waals surface area contributed by atoms with Crippen molar-refractivity contribution >= 4 is 44.0 Å². The van der Waals surface area contributed by atoms with Crippen LogP contribution in [-0.4, -0.2) is 49.7 Å². The van der Waals surface area contributed by atoms with E-state index in [1.165, 1.54) is 45.8 Å². The molecule has 3 aromatic carbocycles. The van der Waals surface area contributed by atoms with Gasteiger partial charge in [-0.15, -0.1) is 0 Å². The van der Waals surface area contributed by atoms with Gasteiger partial charge in [0.05, 0.1) is 15.6 Å². The molecule has 0 aliphatic carbocycles. The predicted molar refractivity (Wildman–Crippen MR) is 128 cm³/mol. The maximum atomic E-state index is 13.2.